The van der Waals surface area contributed by atoms with Crippen molar-refractivity contribution < 1.29 is 9.21 Å². The highest BCUT2D eigenvalue weighted by atomic mass is 35.5. The van der Waals surface area contributed by atoms with Crippen LogP contribution in [0.2, 0.25) is 0 Å². The Hall–Kier alpha value is -2.86. The van der Waals surface area contributed by atoms with Crippen molar-refractivity contribution in [3.8, 4) is 0 Å². The molecule has 0 aliphatic carbocycles. The molecule has 3 aromatic heterocycles. The maximum Gasteiger partial charge on any atom is 0.287 e. The van der Waals surface area contributed by atoms with Gasteiger partial charge in [0.1, 0.15) is 5.82 Å². The molecule has 0 unspecified atom stereocenters. The summed E-state index contributed by atoms with van der Waals surface area (Å²) in [4.78, 5) is 23.1. The Morgan fingerprint density at radius 1 is 1.23 bits per heavy atom. The molecule has 0 bridgehead atoms. The van der Waals surface area contributed by atoms with Crippen LogP contribution in [0.1, 0.15) is 27.2 Å². The number of furan rings is 1. The Balaban J connectivity index is 0.00000196. The molecule has 0 atom stereocenters. The zero-order valence-electron chi connectivity index (χ0n) is 14.1. The molecule has 1 aliphatic rings. The van der Waals surface area contributed by atoms with Crippen LogP contribution in [0.3, 0.4) is 0 Å². The lowest BCUT2D eigenvalue weighted by Gasteiger charge is -2.30. The molecular formula is C19H19ClN4O2. The van der Waals surface area contributed by atoms with E-state index in [1.807, 2.05) is 36.8 Å². The molecule has 0 saturated heterocycles. The average Bonchev–Trinajstić information content (AvgIpc) is 3.21. The molecule has 134 valence electrons. The first-order valence-electron chi connectivity index (χ1n) is 8.23. The van der Waals surface area contributed by atoms with E-state index in [2.05, 4.69) is 20.2 Å². The zero-order chi connectivity index (χ0) is 17.1. The van der Waals surface area contributed by atoms with Gasteiger partial charge >= 0.3 is 0 Å². The summed E-state index contributed by atoms with van der Waals surface area (Å²) in [7, 11) is 0. The second kappa shape index (κ2) is 8.01. The number of hydrogen-bond acceptors (Lipinski definition) is 5. The summed E-state index contributed by atoms with van der Waals surface area (Å²) in [5.74, 6) is 1.08. The molecule has 1 amide bonds. The summed E-state index contributed by atoms with van der Waals surface area (Å²) in [5.41, 5.74) is 3.50. The molecule has 0 radical (unpaired) electrons. The predicted octanol–water partition coefficient (Wildman–Crippen LogP) is 2.98. The third kappa shape index (κ3) is 3.70. The number of pyridine rings is 2. The topological polar surface area (TPSA) is 71.3 Å². The van der Waals surface area contributed by atoms with Gasteiger partial charge in [-0.05, 0) is 47.4 Å². The number of fused-ring (bicyclic) bond motifs is 1. The van der Waals surface area contributed by atoms with Crippen molar-refractivity contribution in [3.63, 3.8) is 0 Å². The Bertz CT molecular complexity index is 869. The van der Waals surface area contributed by atoms with Gasteiger partial charge in [-0.25, -0.2) is 4.98 Å². The van der Waals surface area contributed by atoms with Crippen molar-refractivity contribution in [1.82, 2.24) is 15.3 Å². The van der Waals surface area contributed by atoms with Crippen molar-refractivity contribution in [3.05, 3.63) is 77.6 Å². The van der Waals surface area contributed by atoms with E-state index in [-0.39, 0.29) is 18.3 Å². The number of rotatable bonds is 4. The van der Waals surface area contributed by atoms with E-state index >= 15 is 0 Å². The number of aromatic nitrogens is 2. The van der Waals surface area contributed by atoms with Gasteiger partial charge in [-0.1, -0.05) is 6.07 Å². The molecule has 4 heterocycles. The number of carbonyl (C=O) groups excluding carboxylic acids is 1. The lowest BCUT2D eigenvalue weighted by molar-refractivity contribution is 0.0923. The highest BCUT2D eigenvalue weighted by Crippen LogP contribution is 2.24. The van der Waals surface area contributed by atoms with Crippen LogP contribution < -0.4 is 10.2 Å². The number of halogens is 1. The summed E-state index contributed by atoms with van der Waals surface area (Å²) < 4.78 is 5.12. The molecule has 6 nitrogen and oxygen atoms in total. The van der Waals surface area contributed by atoms with Crippen LogP contribution in [0, 0.1) is 0 Å². The monoisotopic (exact) mass is 370 g/mol. The predicted molar refractivity (Wildman–Crippen MR) is 100 cm³/mol. The highest BCUT2D eigenvalue weighted by molar-refractivity contribution is 5.91. The lowest BCUT2D eigenvalue weighted by atomic mass is 9.97. The van der Waals surface area contributed by atoms with Gasteiger partial charge in [0.05, 0.1) is 6.26 Å². The average molecular weight is 371 g/mol. The second-order valence-electron chi connectivity index (χ2n) is 5.96. The lowest BCUT2D eigenvalue weighted by Crippen LogP contribution is -2.32. The van der Waals surface area contributed by atoms with Gasteiger partial charge < -0.3 is 14.6 Å². The van der Waals surface area contributed by atoms with Gasteiger partial charge in [-0.3, -0.25) is 9.78 Å². The fraction of sp³-hybridized carbons (Fsp3) is 0.211. The summed E-state index contributed by atoms with van der Waals surface area (Å²) >= 11 is 0. The molecule has 26 heavy (non-hydrogen) atoms. The molecule has 0 spiro atoms. The Labute approximate surface area is 157 Å². The molecule has 1 aliphatic heterocycles. The maximum absolute atomic E-state index is 12.0. The standard InChI is InChI=1S/C19H18N4O2.ClH/c24-19(17-4-3-9-25-17)22-12-14-10-20-11-15-13-23(8-6-16(14)15)18-5-1-2-7-21-18;/h1-5,7,9-11H,6,8,12-13H2,(H,22,24);1H. The number of amides is 1. The zero-order valence-corrected chi connectivity index (χ0v) is 14.9. The minimum Gasteiger partial charge on any atom is -0.459 e. The first-order valence-corrected chi connectivity index (χ1v) is 8.23. The SMILES string of the molecule is Cl.O=C(NCc1cncc2c1CCN(c1ccccn1)C2)c1ccco1. The van der Waals surface area contributed by atoms with Crippen LogP contribution >= 0.6 is 12.4 Å². The first kappa shape index (κ1) is 17.9. The first-order chi connectivity index (χ1) is 12.3. The van der Waals surface area contributed by atoms with E-state index in [1.165, 1.54) is 17.4 Å². The van der Waals surface area contributed by atoms with Gasteiger partial charge in [0, 0.05) is 38.2 Å². The van der Waals surface area contributed by atoms with Crippen molar-refractivity contribution in [1.29, 1.82) is 0 Å². The molecular weight excluding hydrogens is 352 g/mol. The van der Waals surface area contributed by atoms with Gasteiger partial charge in [0.2, 0.25) is 0 Å². The van der Waals surface area contributed by atoms with E-state index in [0.29, 0.717) is 12.3 Å². The van der Waals surface area contributed by atoms with E-state index in [0.717, 1.165) is 30.9 Å². The van der Waals surface area contributed by atoms with E-state index in [9.17, 15) is 4.79 Å². The Morgan fingerprint density at radius 2 is 2.15 bits per heavy atom. The third-order valence-electron chi connectivity index (χ3n) is 4.39. The van der Waals surface area contributed by atoms with Crippen molar-refractivity contribution in [2.45, 2.75) is 19.5 Å². The summed E-state index contributed by atoms with van der Waals surface area (Å²) in [6, 6.07) is 9.29. The molecule has 0 saturated carbocycles. The molecule has 7 heteroatoms. The minimum atomic E-state index is -0.214. The van der Waals surface area contributed by atoms with Gasteiger partial charge in [-0.15, -0.1) is 12.4 Å². The minimum absolute atomic E-state index is 0. The van der Waals surface area contributed by atoms with Crippen LogP contribution in [0.4, 0.5) is 5.82 Å². The normalized spacial score (nSPS) is 12.8. The fourth-order valence-electron chi connectivity index (χ4n) is 3.13. The quantitative estimate of drug-likeness (QED) is 0.764. The molecule has 4 rings (SSSR count). The molecule has 0 fully saturated rings. The molecule has 1 N–H and O–H groups in total. The van der Waals surface area contributed by atoms with E-state index < -0.39 is 0 Å². The van der Waals surface area contributed by atoms with E-state index in [1.54, 1.807) is 12.1 Å². The van der Waals surface area contributed by atoms with Crippen molar-refractivity contribution in [2.75, 3.05) is 11.4 Å². The largest absolute Gasteiger partial charge is 0.459 e. The number of carbonyl (C=O) groups is 1. The number of nitrogens with zero attached hydrogens (tertiary/aromatic N) is 3. The molecule has 0 aromatic carbocycles. The van der Waals surface area contributed by atoms with Crippen molar-refractivity contribution in [2.24, 2.45) is 0 Å². The van der Waals surface area contributed by atoms with Crippen molar-refractivity contribution >= 4 is 24.1 Å². The third-order valence-corrected chi connectivity index (χ3v) is 4.39. The smallest absolute Gasteiger partial charge is 0.287 e. The summed E-state index contributed by atoms with van der Waals surface area (Å²) in [6.45, 7) is 2.12. The van der Waals surface area contributed by atoms with E-state index in [4.69, 9.17) is 4.42 Å². The van der Waals surface area contributed by atoms with Crippen LogP contribution in [0.5, 0.6) is 0 Å². The Kier molecular flexibility index (Phi) is 5.53. The Morgan fingerprint density at radius 3 is 2.92 bits per heavy atom. The van der Waals surface area contributed by atoms with Gasteiger partial charge in [-0.2, -0.15) is 0 Å². The second-order valence-corrected chi connectivity index (χ2v) is 5.96. The highest BCUT2D eigenvalue weighted by Gasteiger charge is 2.20. The molecule has 3 aromatic rings. The number of nitrogens with one attached hydrogen (secondary N) is 1. The summed E-state index contributed by atoms with van der Waals surface area (Å²) in [6.07, 6.45) is 7.94. The van der Waals surface area contributed by atoms with Crippen LogP contribution in [-0.2, 0) is 19.5 Å². The van der Waals surface area contributed by atoms with Crippen LogP contribution in [0.25, 0.3) is 0 Å². The van der Waals surface area contributed by atoms with Gasteiger partial charge in [0.15, 0.2) is 5.76 Å². The van der Waals surface area contributed by atoms with Gasteiger partial charge in [0.25, 0.3) is 5.91 Å². The maximum atomic E-state index is 12.0. The number of anilines is 1. The number of hydrogen-bond donors (Lipinski definition) is 1. The fourth-order valence-corrected chi connectivity index (χ4v) is 3.13. The van der Waals surface area contributed by atoms with Crippen LogP contribution in [-0.4, -0.2) is 22.4 Å². The summed E-state index contributed by atoms with van der Waals surface area (Å²) in [5, 5.41) is 2.90. The van der Waals surface area contributed by atoms with Crippen LogP contribution in [0.15, 0.2) is 59.6 Å².